The zero-order chi connectivity index (χ0) is 22.7. The van der Waals surface area contributed by atoms with Crippen molar-refractivity contribution in [3.63, 3.8) is 0 Å². The van der Waals surface area contributed by atoms with Gasteiger partial charge in [0.05, 0.1) is 16.6 Å². The monoisotopic (exact) mass is 443 g/mol. The molecule has 2 rings (SSSR count). The lowest BCUT2D eigenvalue weighted by Gasteiger charge is -2.26. The first-order chi connectivity index (χ1) is 13.8. The van der Waals surface area contributed by atoms with Crippen molar-refractivity contribution in [1.29, 1.82) is 0 Å². The number of carbonyl (C=O) groups excluding carboxylic acids is 1. The number of nitrogens with one attached hydrogen (secondary N) is 1. The number of carbonyl (C=O) groups is 1. The van der Waals surface area contributed by atoms with Crippen molar-refractivity contribution < 1.29 is 26.4 Å². The number of hydrogen-bond donors (Lipinski definition) is 2. The first-order valence-corrected chi connectivity index (χ1v) is 11.1. The molecule has 2 atom stereocenters. The Morgan fingerprint density at radius 2 is 1.67 bits per heavy atom. The quantitative estimate of drug-likeness (QED) is 0.652. The van der Waals surface area contributed by atoms with E-state index in [0.29, 0.717) is 11.1 Å². The number of benzene rings is 1. The second-order valence-electron chi connectivity index (χ2n) is 7.49. The summed E-state index contributed by atoms with van der Waals surface area (Å²) in [6.45, 7) is 3.56. The summed E-state index contributed by atoms with van der Waals surface area (Å²) in [4.78, 5) is 15.7. The molecule has 6 nitrogen and oxygen atoms in total. The first kappa shape index (κ1) is 23.8. The number of alkyl halides is 3. The van der Waals surface area contributed by atoms with Crippen LogP contribution in [0.25, 0.3) is 11.1 Å². The van der Waals surface area contributed by atoms with Crippen molar-refractivity contribution in [2.45, 2.75) is 43.4 Å². The van der Waals surface area contributed by atoms with Gasteiger partial charge in [-0.25, -0.2) is 8.42 Å². The Balaban J connectivity index is 2.30. The van der Waals surface area contributed by atoms with Gasteiger partial charge in [0.1, 0.15) is 6.04 Å². The molecule has 0 aliphatic rings. The van der Waals surface area contributed by atoms with Crippen molar-refractivity contribution in [2.75, 3.05) is 6.26 Å². The minimum atomic E-state index is -4.68. The molecule has 1 heterocycles. The van der Waals surface area contributed by atoms with E-state index in [-0.39, 0.29) is 22.9 Å². The summed E-state index contributed by atoms with van der Waals surface area (Å²) in [6.07, 6.45) is -2.17. The van der Waals surface area contributed by atoms with E-state index in [2.05, 4.69) is 10.3 Å². The maximum atomic E-state index is 13.6. The van der Waals surface area contributed by atoms with Gasteiger partial charge in [-0.05, 0) is 36.1 Å². The van der Waals surface area contributed by atoms with Crippen molar-refractivity contribution in [3.8, 4) is 11.1 Å². The Bertz CT molecular complexity index is 973. The number of aromatic nitrogens is 1. The van der Waals surface area contributed by atoms with Gasteiger partial charge in [-0.15, -0.1) is 0 Å². The van der Waals surface area contributed by atoms with Gasteiger partial charge in [0, 0.05) is 18.0 Å². The van der Waals surface area contributed by atoms with Crippen molar-refractivity contribution in [1.82, 2.24) is 10.3 Å². The van der Waals surface area contributed by atoms with Crippen LogP contribution in [0, 0.1) is 5.92 Å². The van der Waals surface area contributed by atoms with E-state index in [0.717, 1.165) is 6.26 Å². The van der Waals surface area contributed by atoms with E-state index in [1.54, 1.807) is 26.0 Å². The largest absolute Gasteiger partial charge is 0.409 e. The molecular formula is C20H24F3N3O3S. The highest BCUT2D eigenvalue weighted by Crippen LogP contribution is 2.33. The zero-order valence-electron chi connectivity index (χ0n) is 16.8. The molecule has 30 heavy (non-hydrogen) atoms. The normalized spacial score (nSPS) is 14.5. The topological polar surface area (TPSA) is 102 Å². The minimum absolute atomic E-state index is 0.0332. The molecule has 1 aromatic heterocycles. The molecule has 0 fully saturated rings. The lowest BCUT2D eigenvalue weighted by molar-refractivity contribution is -0.161. The van der Waals surface area contributed by atoms with E-state index in [9.17, 15) is 26.4 Å². The number of primary amides is 1. The van der Waals surface area contributed by atoms with Crippen LogP contribution in [-0.4, -0.2) is 37.8 Å². The second kappa shape index (κ2) is 9.13. The molecule has 3 N–H and O–H groups in total. The first-order valence-electron chi connectivity index (χ1n) is 9.17. The molecular weight excluding hydrogens is 419 g/mol. The molecule has 0 saturated carbocycles. The van der Waals surface area contributed by atoms with Crippen LogP contribution in [-0.2, 0) is 14.6 Å². The van der Waals surface area contributed by atoms with E-state index in [1.165, 1.54) is 30.5 Å². The third-order valence-corrected chi connectivity index (χ3v) is 5.57. The summed E-state index contributed by atoms with van der Waals surface area (Å²) in [7, 11) is -3.35. The zero-order valence-corrected chi connectivity index (χ0v) is 17.6. The third-order valence-electron chi connectivity index (χ3n) is 4.44. The number of rotatable bonds is 8. The Morgan fingerprint density at radius 1 is 1.10 bits per heavy atom. The Hall–Kier alpha value is -2.46. The van der Waals surface area contributed by atoms with Crippen molar-refractivity contribution >= 4 is 15.7 Å². The molecule has 164 valence electrons. The van der Waals surface area contributed by atoms with E-state index >= 15 is 0 Å². The molecule has 0 bridgehead atoms. The van der Waals surface area contributed by atoms with E-state index < -0.39 is 34.0 Å². The summed E-state index contributed by atoms with van der Waals surface area (Å²) >= 11 is 0. The van der Waals surface area contributed by atoms with Crippen molar-refractivity contribution in [3.05, 3.63) is 48.3 Å². The van der Waals surface area contributed by atoms with Crippen LogP contribution in [0.15, 0.2) is 47.5 Å². The Kier molecular flexibility index (Phi) is 7.25. The van der Waals surface area contributed by atoms with Gasteiger partial charge in [-0.1, -0.05) is 32.0 Å². The molecule has 0 spiro atoms. The highest BCUT2D eigenvalue weighted by Gasteiger charge is 2.43. The number of hydrogen-bond acceptors (Lipinski definition) is 5. The molecule has 0 aliphatic carbocycles. The predicted molar refractivity (Wildman–Crippen MR) is 107 cm³/mol. The Labute approximate surface area is 173 Å². The Morgan fingerprint density at radius 3 is 2.07 bits per heavy atom. The fourth-order valence-corrected chi connectivity index (χ4v) is 3.56. The molecule has 0 unspecified atom stereocenters. The van der Waals surface area contributed by atoms with Crippen molar-refractivity contribution in [2.24, 2.45) is 11.7 Å². The summed E-state index contributed by atoms with van der Waals surface area (Å²) in [6, 6.07) is 5.32. The van der Waals surface area contributed by atoms with Gasteiger partial charge in [0.25, 0.3) is 0 Å². The fourth-order valence-electron chi connectivity index (χ4n) is 2.93. The number of sulfone groups is 1. The summed E-state index contributed by atoms with van der Waals surface area (Å²) < 4.78 is 64.0. The minimum Gasteiger partial charge on any atom is -0.368 e. The highest BCUT2D eigenvalue weighted by molar-refractivity contribution is 7.90. The van der Waals surface area contributed by atoms with Gasteiger partial charge >= 0.3 is 6.18 Å². The predicted octanol–water partition coefficient (Wildman–Crippen LogP) is 3.25. The highest BCUT2D eigenvalue weighted by atomic mass is 32.2. The third kappa shape index (κ3) is 6.27. The number of pyridine rings is 1. The smallest absolute Gasteiger partial charge is 0.368 e. The van der Waals surface area contributed by atoms with Crippen LogP contribution in [0.4, 0.5) is 13.2 Å². The van der Waals surface area contributed by atoms with Crippen LogP contribution in [0.3, 0.4) is 0 Å². The van der Waals surface area contributed by atoms with E-state index in [4.69, 9.17) is 5.73 Å². The molecule has 0 saturated heterocycles. The molecule has 1 amide bonds. The van der Waals surface area contributed by atoms with Gasteiger partial charge in [-0.3, -0.25) is 15.1 Å². The summed E-state index contributed by atoms with van der Waals surface area (Å²) in [5, 5.41) is 2.30. The number of halogens is 3. The molecule has 0 radical (unpaired) electrons. The number of amides is 1. The van der Waals surface area contributed by atoms with Crippen LogP contribution in [0.5, 0.6) is 0 Å². The lowest BCUT2D eigenvalue weighted by Crippen LogP contribution is -2.48. The summed E-state index contributed by atoms with van der Waals surface area (Å²) in [5.74, 6) is -0.894. The number of nitrogens with two attached hydrogens (primary N) is 1. The molecule has 10 heteroatoms. The maximum Gasteiger partial charge on any atom is 0.409 e. The van der Waals surface area contributed by atoms with Crippen LogP contribution >= 0.6 is 0 Å². The van der Waals surface area contributed by atoms with Gasteiger partial charge < -0.3 is 5.73 Å². The summed E-state index contributed by atoms with van der Waals surface area (Å²) in [5.41, 5.74) is 6.09. The van der Waals surface area contributed by atoms with Crippen LogP contribution in [0.2, 0.25) is 0 Å². The average Bonchev–Trinajstić information content (AvgIpc) is 2.63. The average molecular weight is 443 g/mol. The standard InChI is InChI=1S/C20H24F3N3O3S/c1-12(2)10-17(19(24)27)26-18(20(21,22)23)16-9-6-14(11-25-16)13-4-7-15(8-5-13)30(3,28)29/h4-9,11-12,17-18,26H,10H2,1-3H3,(H2,24,27)/t17-,18-/m0/s1. The van der Waals surface area contributed by atoms with Gasteiger partial charge in [0.15, 0.2) is 9.84 Å². The van der Waals surface area contributed by atoms with Crippen LogP contribution < -0.4 is 11.1 Å². The molecule has 2 aromatic rings. The molecule has 1 aromatic carbocycles. The van der Waals surface area contributed by atoms with E-state index in [1.807, 2.05) is 0 Å². The van der Waals surface area contributed by atoms with Gasteiger partial charge in [0.2, 0.25) is 5.91 Å². The SMILES string of the molecule is CC(C)C[C@H](N[C@@H](c1ccc(-c2ccc(S(C)(=O)=O)cc2)cn1)C(F)(F)F)C(N)=O. The second-order valence-corrected chi connectivity index (χ2v) is 9.51. The molecule has 0 aliphatic heterocycles. The number of nitrogens with zero attached hydrogens (tertiary/aromatic N) is 1. The maximum absolute atomic E-state index is 13.6. The fraction of sp³-hybridized carbons (Fsp3) is 0.400. The van der Waals surface area contributed by atoms with Crippen LogP contribution in [0.1, 0.15) is 32.0 Å². The van der Waals surface area contributed by atoms with Gasteiger partial charge in [-0.2, -0.15) is 13.2 Å². The lowest BCUT2D eigenvalue weighted by atomic mass is 10.0.